The summed E-state index contributed by atoms with van der Waals surface area (Å²) in [4.78, 5) is 79.4. The number of halogens is 3. The largest absolute Gasteiger partial charge is 0.481 e. The second-order valence-corrected chi connectivity index (χ2v) is 27.3. The summed E-state index contributed by atoms with van der Waals surface area (Å²) in [7, 11) is 0. The monoisotopic (exact) mass is 1310 g/mol. The van der Waals surface area contributed by atoms with Gasteiger partial charge in [0.1, 0.15) is 45.9 Å². The summed E-state index contributed by atoms with van der Waals surface area (Å²) >= 11 is 0. The Bertz CT molecular complexity index is 3890. The normalized spacial score (nSPS) is 17.8. The zero-order chi connectivity index (χ0) is 68.6. The Labute approximate surface area is 543 Å². The summed E-state index contributed by atoms with van der Waals surface area (Å²) in [6.45, 7) is 26.1. The van der Waals surface area contributed by atoms with E-state index in [1.807, 2.05) is 76.2 Å². The van der Waals surface area contributed by atoms with Gasteiger partial charge in [-0.15, -0.1) is 5.10 Å². The molecule has 0 fully saturated rings. The number of nitrogens with two attached hydrogens (primary N) is 3. The molecule has 6 aromatic rings. The zero-order valence-corrected chi connectivity index (χ0v) is 55.4. The Balaban J connectivity index is 0.000000155. The zero-order valence-electron chi connectivity index (χ0n) is 55.4. The number of carboxylic acids is 1. The minimum atomic E-state index is -0.886. The lowest BCUT2D eigenvalue weighted by Gasteiger charge is -2.31. The number of hydrogen-bond acceptors (Lipinski definition) is 18. The summed E-state index contributed by atoms with van der Waals surface area (Å²) in [6.07, 6.45) is 2.06. The Morgan fingerprint density at radius 3 is 1.36 bits per heavy atom. The van der Waals surface area contributed by atoms with Crippen LogP contribution in [-0.2, 0) is 57.9 Å². The first kappa shape index (κ1) is 68.9. The number of H-pyrrole nitrogens is 1. The predicted octanol–water partition coefficient (Wildman–Crippen LogP) is 10.3. The number of aromatic nitrogens is 6. The van der Waals surface area contributed by atoms with Crippen molar-refractivity contribution in [2.75, 3.05) is 72.4 Å². The summed E-state index contributed by atoms with van der Waals surface area (Å²) < 4.78 is 60.1. The van der Waals surface area contributed by atoms with Crippen LogP contribution < -0.4 is 33.2 Å². The van der Waals surface area contributed by atoms with Gasteiger partial charge in [-0.2, -0.15) is 14.9 Å². The number of amides is 3. The number of carbonyl (C=O) groups is 6. The highest BCUT2D eigenvalue weighted by Gasteiger charge is 2.38. The SMILES string of the molecule is CC(C)(C)OC(=O)N1CCc2[nH]nc(N)c2C1.Cc1cc(F)cc2c1NCCC2C(=O)O.Cc1cc(F)cc2c1NCCC2C(=O)n1nc(N)c2c1CCN(C(=O)OC(C)(C)C)C2.Cc1cc(F)cc2c1NCCC2C(=O)n1nc2c(c1N)CN(C(=O)OC(C)(C)C)CC2. The number of anilines is 6. The average Bonchev–Trinajstić information content (AvgIpc) is 1.50. The molecule has 0 saturated carbocycles. The Kier molecular flexibility index (Phi) is 19.9. The molecule has 3 aromatic carbocycles. The van der Waals surface area contributed by atoms with E-state index >= 15 is 0 Å². The standard InChI is InChI=1S/2C22H28FN5O3.C11H12FNO2.C11H18N4O2/c1-12-9-13(23)10-15-14(5-7-25-18(12)15)20(29)28-17-6-8-27(11-16(17)19(24)26-28)21(30)31-22(2,3)4;1-12-9-13(23)10-15-14(5-7-25-18(12)15)20(29)28-19(24)16-11-27(8-6-17(16)26-28)21(30)31-22(2,3)4;1-6-4-7(12)5-9-8(11(14)15)2-3-13-10(6)9;1-11(2,3)17-10(16)15-5-4-8-7(6-15)9(12)14-13-8/h9-10,14,25H,5-8,11H2,1-4H3,(H2,24,26);9-10,14,25H,5-8,11,24H2,1-4H3;4-5,8,13H,2-3H2,1H3,(H,14,15);4-6H2,1-3H3,(H3,12,13,14). The lowest BCUT2D eigenvalue weighted by atomic mass is 9.88. The summed E-state index contributed by atoms with van der Waals surface area (Å²) in [5, 5.41) is 34.2. The lowest BCUT2D eigenvalue weighted by molar-refractivity contribution is -0.139. The van der Waals surface area contributed by atoms with Crippen LogP contribution in [0.4, 0.5) is 62.1 Å². The van der Waals surface area contributed by atoms with E-state index in [1.165, 1.54) is 45.8 Å². The topological polar surface area (TPSA) is 339 Å². The fourth-order valence-electron chi connectivity index (χ4n) is 12.4. The minimum absolute atomic E-state index is 0.223. The molecule has 25 nitrogen and oxygen atoms in total. The Hall–Kier alpha value is -9.50. The second-order valence-electron chi connectivity index (χ2n) is 27.3. The van der Waals surface area contributed by atoms with Gasteiger partial charge in [-0.05, 0) is 172 Å². The summed E-state index contributed by atoms with van der Waals surface area (Å²) in [5.74, 6) is -3.26. The van der Waals surface area contributed by atoms with Crippen molar-refractivity contribution in [3.05, 3.63) is 121 Å². The number of carboxylic acid groups (broad SMARTS) is 1. The molecule has 0 bridgehead atoms. The van der Waals surface area contributed by atoms with Gasteiger partial charge in [0.25, 0.3) is 11.8 Å². The highest BCUT2D eigenvalue weighted by Crippen LogP contribution is 2.40. The Morgan fingerprint density at radius 1 is 0.521 bits per heavy atom. The molecule has 9 heterocycles. The van der Waals surface area contributed by atoms with Crippen molar-refractivity contribution in [2.45, 2.75) is 176 Å². The number of hydrogen-bond donors (Lipinski definition) is 8. The molecule has 506 valence electrons. The van der Waals surface area contributed by atoms with Crippen molar-refractivity contribution < 1.29 is 61.3 Å². The van der Waals surface area contributed by atoms with Crippen LogP contribution in [0.25, 0.3) is 0 Å². The summed E-state index contributed by atoms with van der Waals surface area (Å²) in [5.41, 5.74) is 27.6. The van der Waals surface area contributed by atoms with E-state index < -0.39 is 52.7 Å². The third-order valence-corrected chi connectivity index (χ3v) is 16.7. The van der Waals surface area contributed by atoms with Crippen molar-refractivity contribution in [1.82, 2.24) is 44.5 Å². The highest BCUT2D eigenvalue weighted by molar-refractivity contribution is 5.91. The molecular weight excluding hydrogens is 1220 g/mol. The molecule has 12 rings (SSSR count). The van der Waals surface area contributed by atoms with Crippen LogP contribution in [0.3, 0.4) is 0 Å². The molecule has 3 aromatic heterocycles. The molecule has 0 saturated heterocycles. The highest BCUT2D eigenvalue weighted by atomic mass is 19.1. The van der Waals surface area contributed by atoms with Crippen molar-refractivity contribution in [1.29, 1.82) is 0 Å². The van der Waals surface area contributed by atoms with Gasteiger partial charge in [0, 0.05) is 98.0 Å². The molecular formula is C66H86F3N15O10. The Morgan fingerprint density at radius 2 is 0.915 bits per heavy atom. The van der Waals surface area contributed by atoms with Crippen molar-refractivity contribution in [3.8, 4) is 0 Å². The number of fused-ring (bicyclic) bond motifs is 6. The molecule has 94 heavy (non-hydrogen) atoms. The third kappa shape index (κ3) is 15.6. The van der Waals surface area contributed by atoms with Crippen LogP contribution in [0.5, 0.6) is 0 Å². The van der Waals surface area contributed by atoms with Crippen molar-refractivity contribution in [3.63, 3.8) is 0 Å². The first-order chi connectivity index (χ1) is 44.1. The van der Waals surface area contributed by atoms with Crippen LogP contribution in [-0.4, -0.2) is 142 Å². The van der Waals surface area contributed by atoms with Crippen LogP contribution in [0.15, 0.2) is 36.4 Å². The van der Waals surface area contributed by atoms with Crippen molar-refractivity contribution in [2.24, 2.45) is 0 Å². The molecule has 0 spiro atoms. The smallest absolute Gasteiger partial charge is 0.410 e. The number of aliphatic carboxylic acids is 1. The van der Waals surface area contributed by atoms with E-state index in [9.17, 15) is 41.9 Å². The van der Waals surface area contributed by atoms with E-state index in [0.29, 0.717) is 123 Å². The van der Waals surface area contributed by atoms with Crippen LogP contribution in [0.2, 0.25) is 0 Å². The quantitative estimate of drug-likeness (QED) is 0.0763. The molecule has 0 radical (unpaired) electrons. The number of nitrogens with one attached hydrogen (secondary N) is 4. The maximum atomic E-state index is 14.1. The number of ether oxygens (including phenoxy) is 3. The minimum Gasteiger partial charge on any atom is -0.481 e. The van der Waals surface area contributed by atoms with Gasteiger partial charge in [0.2, 0.25) is 0 Å². The van der Waals surface area contributed by atoms with Gasteiger partial charge in [0.05, 0.1) is 48.8 Å². The first-order valence-corrected chi connectivity index (χ1v) is 31.5. The molecule has 6 aliphatic rings. The molecule has 3 unspecified atom stereocenters. The van der Waals surface area contributed by atoms with Gasteiger partial charge in [-0.25, -0.2) is 32.2 Å². The fourth-order valence-corrected chi connectivity index (χ4v) is 12.4. The molecule has 3 amide bonds. The lowest BCUT2D eigenvalue weighted by Crippen LogP contribution is -2.40. The maximum absolute atomic E-state index is 14.1. The van der Waals surface area contributed by atoms with Crippen molar-refractivity contribution >= 4 is 70.6 Å². The predicted molar refractivity (Wildman–Crippen MR) is 347 cm³/mol. The number of nitrogens with zero attached hydrogens (tertiary/aromatic N) is 8. The molecule has 6 aliphatic heterocycles. The molecule has 3 atom stereocenters. The maximum Gasteiger partial charge on any atom is 0.410 e. The average molecular weight is 1310 g/mol. The van der Waals surface area contributed by atoms with Crippen LogP contribution >= 0.6 is 0 Å². The third-order valence-electron chi connectivity index (χ3n) is 16.7. The van der Waals surface area contributed by atoms with E-state index in [1.54, 1.807) is 21.6 Å². The van der Waals surface area contributed by atoms with E-state index in [0.717, 1.165) is 51.4 Å². The van der Waals surface area contributed by atoms with Gasteiger partial charge < -0.3 is 67.2 Å². The number of carbonyl (C=O) groups excluding carboxylic acids is 5. The van der Waals surface area contributed by atoms with Gasteiger partial charge in [-0.3, -0.25) is 19.5 Å². The van der Waals surface area contributed by atoms with E-state index in [4.69, 9.17) is 36.5 Å². The van der Waals surface area contributed by atoms with Gasteiger partial charge >= 0.3 is 24.2 Å². The van der Waals surface area contributed by atoms with Crippen LogP contribution in [0.1, 0.15) is 176 Å². The number of aryl methyl sites for hydroxylation is 3. The van der Waals surface area contributed by atoms with E-state index in [-0.39, 0.29) is 60.1 Å². The van der Waals surface area contributed by atoms with E-state index in [2.05, 4.69) is 36.3 Å². The van der Waals surface area contributed by atoms with Gasteiger partial charge in [-0.1, -0.05) is 0 Å². The summed E-state index contributed by atoms with van der Waals surface area (Å²) in [6, 6.07) is 8.45. The first-order valence-electron chi connectivity index (χ1n) is 31.5. The number of nitrogen functional groups attached to an aromatic ring is 3. The number of benzene rings is 3. The number of rotatable bonds is 3. The molecule has 0 aliphatic carbocycles. The fraction of sp³-hybridized carbons (Fsp3) is 0.500. The van der Waals surface area contributed by atoms with Gasteiger partial charge in [0.15, 0.2) is 5.82 Å². The number of aromatic amines is 1. The molecule has 28 heteroatoms. The van der Waals surface area contributed by atoms with Crippen LogP contribution in [0, 0.1) is 38.2 Å². The second kappa shape index (κ2) is 27.2. The molecule has 11 N–H and O–H groups in total.